The number of hydrogen-bond donors (Lipinski definition) is 0. The maximum atomic E-state index is 13.6. The van der Waals surface area contributed by atoms with E-state index in [0.717, 1.165) is 12.8 Å². The number of benzene rings is 2. The second kappa shape index (κ2) is 11.4. The van der Waals surface area contributed by atoms with Gasteiger partial charge < -0.3 is 9.05 Å². The van der Waals surface area contributed by atoms with Crippen LogP contribution in [0, 0.1) is 0 Å². The van der Waals surface area contributed by atoms with Gasteiger partial charge in [0.15, 0.2) is 0 Å². The molecule has 0 aliphatic heterocycles. The van der Waals surface area contributed by atoms with Gasteiger partial charge in [-0.3, -0.25) is 0 Å². The molecule has 0 N–H and O–H groups in total. The van der Waals surface area contributed by atoms with E-state index in [2.05, 4.69) is 31.2 Å². The molecule has 0 spiro atoms. The molecule has 32 heavy (non-hydrogen) atoms. The molecule has 0 atom stereocenters. The van der Waals surface area contributed by atoms with E-state index in [1.54, 1.807) is 0 Å². The lowest BCUT2D eigenvalue weighted by atomic mass is 9.84. The Kier molecular flexibility index (Phi) is 8.36. The highest BCUT2D eigenvalue weighted by Crippen LogP contribution is 2.49. The molecule has 2 saturated carbocycles. The second-order valence-electron chi connectivity index (χ2n) is 9.68. The fourth-order valence-electron chi connectivity index (χ4n) is 5.26. The second-order valence-corrected chi connectivity index (χ2v) is 11.7. The molecule has 0 saturated heterocycles. The van der Waals surface area contributed by atoms with E-state index in [0.29, 0.717) is 29.5 Å². The predicted octanol–water partition coefficient (Wildman–Crippen LogP) is 9.23. The number of hydrogen-bond acceptors (Lipinski definition) is 3. The average Bonchev–Trinajstić information content (AvgIpc) is 2.85. The summed E-state index contributed by atoms with van der Waals surface area (Å²) in [6, 6.07) is 16.5. The molecule has 0 amide bonds. The minimum absolute atomic E-state index is 0.429. The molecule has 2 aliphatic carbocycles. The number of rotatable bonds is 9. The van der Waals surface area contributed by atoms with E-state index in [1.165, 1.54) is 75.3 Å². The number of unbranched alkanes of at least 4 members (excludes halogenated alkanes) is 1. The summed E-state index contributed by atoms with van der Waals surface area (Å²) < 4.78 is 25.7. The van der Waals surface area contributed by atoms with Crippen molar-refractivity contribution in [3.63, 3.8) is 0 Å². The first-order valence-electron chi connectivity index (χ1n) is 12.8. The van der Waals surface area contributed by atoms with Gasteiger partial charge in [0, 0.05) is 0 Å². The van der Waals surface area contributed by atoms with Crippen molar-refractivity contribution in [1.29, 1.82) is 0 Å². The Morgan fingerprint density at radius 2 is 1.09 bits per heavy atom. The molecule has 174 valence electrons. The third kappa shape index (κ3) is 6.41. The van der Waals surface area contributed by atoms with Crippen LogP contribution in [0.25, 0.3) is 0 Å². The van der Waals surface area contributed by atoms with Gasteiger partial charge >= 0.3 is 7.60 Å². The van der Waals surface area contributed by atoms with Crippen molar-refractivity contribution in [2.45, 2.75) is 95.8 Å². The zero-order valence-electron chi connectivity index (χ0n) is 19.6. The van der Waals surface area contributed by atoms with Crippen LogP contribution >= 0.6 is 7.60 Å². The molecule has 2 aromatic carbocycles. The Hall–Kier alpha value is -1.73. The van der Waals surface area contributed by atoms with Crippen LogP contribution < -0.4 is 9.05 Å². The van der Waals surface area contributed by atoms with Crippen molar-refractivity contribution in [3.05, 3.63) is 59.7 Å². The first kappa shape index (κ1) is 23.4. The summed E-state index contributed by atoms with van der Waals surface area (Å²) in [6.07, 6.45) is 15.3. The monoisotopic (exact) mass is 454 g/mol. The summed E-state index contributed by atoms with van der Waals surface area (Å²) in [5.41, 5.74) is 2.75. The summed E-state index contributed by atoms with van der Waals surface area (Å²) in [5, 5.41) is 0. The lowest BCUT2D eigenvalue weighted by Gasteiger charge is -2.24. The minimum atomic E-state index is -3.27. The van der Waals surface area contributed by atoms with Crippen LogP contribution in [0.5, 0.6) is 11.5 Å². The van der Waals surface area contributed by atoms with Gasteiger partial charge in [-0.25, -0.2) is 4.57 Å². The van der Waals surface area contributed by atoms with Crippen molar-refractivity contribution in [1.82, 2.24) is 0 Å². The lowest BCUT2D eigenvalue weighted by Crippen LogP contribution is -2.07. The van der Waals surface area contributed by atoms with Crippen molar-refractivity contribution in [3.8, 4) is 11.5 Å². The van der Waals surface area contributed by atoms with E-state index in [1.807, 2.05) is 24.3 Å². The topological polar surface area (TPSA) is 35.5 Å². The predicted molar refractivity (Wildman–Crippen MR) is 133 cm³/mol. The van der Waals surface area contributed by atoms with E-state index in [4.69, 9.17) is 9.05 Å². The van der Waals surface area contributed by atoms with Crippen LogP contribution in [0.1, 0.15) is 107 Å². The van der Waals surface area contributed by atoms with Gasteiger partial charge in [0.25, 0.3) is 0 Å². The van der Waals surface area contributed by atoms with Crippen molar-refractivity contribution in [2.75, 3.05) is 6.16 Å². The maximum Gasteiger partial charge on any atom is 0.430 e. The molecule has 3 nitrogen and oxygen atoms in total. The van der Waals surface area contributed by atoms with Gasteiger partial charge in [-0.1, -0.05) is 76.1 Å². The molecule has 0 bridgehead atoms. The average molecular weight is 455 g/mol. The van der Waals surface area contributed by atoms with E-state index in [-0.39, 0.29) is 0 Å². The Morgan fingerprint density at radius 3 is 1.47 bits per heavy atom. The summed E-state index contributed by atoms with van der Waals surface area (Å²) >= 11 is 0. The highest BCUT2D eigenvalue weighted by Gasteiger charge is 2.28. The smallest absolute Gasteiger partial charge is 0.416 e. The maximum absolute atomic E-state index is 13.6. The summed E-state index contributed by atoms with van der Waals surface area (Å²) in [4.78, 5) is 0. The van der Waals surface area contributed by atoms with Crippen molar-refractivity contribution in [2.24, 2.45) is 0 Å². The molecule has 0 radical (unpaired) electrons. The Labute approximate surface area is 194 Å². The molecule has 4 rings (SSSR count). The van der Waals surface area contributed by atoms with Crippen LogP contribution in [0.4, 0.5) is 0 Å². The minimum Gasteiger partial charge on any atom is -0.416 e. The zero-order valence-corrected chi connectivity index (χ0v) is 20.5. The van der Waals surface area contributed by atoms with Gasteiger partial charge in [0.05, 0.1) is 6.16 Å². The fraction of sp³-hybridized carbons (Fsp3) is 0.571. The Balaban J connectivity index is 1.42. The standard InChI is InChI=1S/C28H39O3P/c1-2-3-22-32(29,30-27-18-14-25(15-19-27)23-10-6-4-7-11-23)31-28-20-16-26(17-21-28)24-12-8-5-9-13-24/h14-21,23-24H,2-13,22H2,1H3. The van der Waals surface area contributed by atoms with Gasteiger partial charge in [-0.15, -0.1) is 0 Å². The van der Waals surface area contributed by atoms with Gasteiger partial charge in [0.2, 0.25) is 0 Å². The lowest BCUT2D eigenvalue weighted by molar-refractivity contribution is 0.383. The summed E-state index contributed by atoms with van der Waals surface area (Å²) in [5.74, 6) is 2.60. The first-order valence-corrected chi connectivity index (χ1v) is 14.6. The molecular weight excluding hydrogens is 415 g/mol. The van der Waals surface area contributed by atoms with E-state index in [9.17, 15) is 4.57 Å². The highest BCUT2D eigenvalue weighted by atomic mass is 31.2. The third-order valence-corrected chi connectivity index (χ3v) is 9.03. The van der Waals surface area contributed by atoms with Crippen molar-refractivity contribution >= 4 is 7.60 Å². The molecule has 0 aromatic heterocycles. The molecule has 4 heteroatoms. The van der Waals surface area contributed by atoms with Crippen LogP contribution in [0.15, 0.2) is 48.5 Å². The highest BCUT2D eigenvalue weighted by molar-refractivity contribution is 7.54. The van der Waals surface area contributed by atoms with Gasteiger partial charge in [0.1, 0.15) is 11.5 Å². The van der Waals surface area contributed by atoms with Crippen LogP contribution in [0.3, 0.4) is 0 Å². The quantitative estimate of drug-likeness (QED) is 0.354. The Morgan fingerprint density at radius 1 is 0.688 bits per heavy atom. The first-order chi connectivity index (χ1) is 15.6. The molecule has 0 unspecified atom stereocenters. The summed E-state index contributed by atoms with van der Waals surface area (Å²) in [7, 11) is -3.27. The van der Waals surface area contributed by atoms with E-state index < -0.39 is 7.60 Å². The normalized spacial score (nSPS) is 18.4. The molecule has 2 aromatic rings. The molecular formula is C28H39O3P. The largest absolute Gasteiger partial charge is 0.430 e. The van der Waals surface area contributed by atoms with E-state index >= 15 is 0 Å². The zero-order chi connectivity index (χ0) is 22.2. The summed E-state index contributed by atoms with van der Waals surface area (Å²) in [6.45, 7) is 2.10. The van der Waals surface area contributed by atoms with Crippen LogP contribution in [-0.2, 0) is 4.57 Å². The third-order valence-electron chi connectivity index (χ3n) is 7.19. The SMILES string of the molecule is CCCCP(=O)(Oc1ccc(C2CCCCC2)cc1)Oc1ccc(C2CCCCC2)cc1. The van der Waals surface area contributed by atoms with Crippen molar-refractivity contribution < 1.29 is 13.6 Å². The Bertz CT molecular complexity index is 795. The fourth-order valence-corrected chi connectivity index (χ4v) is 7.07. The molecule has 0 heterocycles. The van der Waals surface area contributed by atoms with Gasteiger partial charge in [-0.2, -0.15) is 0 Å². The van der Waals surface area contributed by atoms with Gasteiger partial charge in [-0.05, 0) is 79.3 Å². The molecule has 2 fully saturated rings. The van der Waals surface area contributed by atoms with Crippen LogP contribution in [-0.4, -0.2) is 6.16 Å². The molecule has 2 aliphatic rings. The van der Waals surface area contributed by atoms with Crippen LogP contribution in [0.2, 0.25) is 0 Å².